The molecule has 3 aromatic carbocycles. The minimum absolute atomic E-state index is 0.0973. The van der Waals surface area contributed by atoms with Crippen LogP contribution in [-0.4, -0.2) is 23.1 Å². The van der Waals surface area contributed by atoms with Gasteiger partial charge in [0, 0.05) is 22.8 Å². The number of hydrazone groups is 1. The predicted molar refractivity (Wildman–Crippen MR) is 124 cm³/mol. The lowest BCUT2D eigenvalue weighted by molar-refractivity contribution is -0.137. The summed E-state index contributed by atoms with van der Waals surface area (Å²) in [4.78, 5) is 0.638. The van der Waals surface area contributed by atoms with Crippen molar-refractivity contribution in [3.05, 3.63) is 101 Å². The Morgan fingerprint density at radius 3 is 2.25 bits per heavy atom. The van der Waals surface area contributed by atoms with Crippen LogP contribution >= 0.6 is 11.9 Å². The summed E-state index contributed by atoms with van der Waals surface area (Å²) in [5.41, 5.74) is 3.74. The SMILES string of the molecule is CC(=NSc1ccc(C(F)(F)F)cc1)N1CC(c2ccccc2)C(c2ccc(C)cc2)=N1. The highest BCUT2D eigenvalue weighted by Crippen LogP contribution is 2.32. The monoisotopic (exact) mass is 453 g/mol. The Hall–Kier alpha value is -3.06. The van der Waals surface area contributed by atoms with Gasteiger partial charge in [0.25, 0.3) is 0 Å². The second-order valence-corrected chi connectivity index (χ2v) is 8.49. The fraction of sp³-hybridized carbons (Fsp3) is 0.200. The summed E-state index contributed by atoms with van der Waals surface area (Å²) in [5.74, 6) is 0.790. The third-order valence-electron chi connectivity index (χ3n) is 5.30. The maximum absolute atomic E-state index is 12.8. The molecule has 0 saturated carbocycles. The number of hydrogen-bond acceptors (Lipinski definition) is 3. The van der Waals surface area contributed by atoms with E-state index >= 15 is 0 Å². The third-order valence-corrected chi connectivity index (χ3v) is 6.14. The van der Waals surface area contributed by atoms with E-state index in [1.165, 1.54) is 23.3 Å². The van der Waals surface area contributed by atoms with Gasteiger partial charge in [-0.15, -0.1) is 0 Å². The first kappa shape index (κ1) is 22.1. The van der Waals surface area contributed by atoms with Crippen molar-refractivity contribution in [1.29, 1.82) is 0 Å². The summed E-state index contributed by atoms with van der Waals surface area (Å²) in [7, 11) is 0. The van der Waals surface area contributed by atoms with Crippen molar-refractivity contribution in [3.8, 4) is 0 Å². The van der Waals surface area contributed by atoms with Crippen molar-refractivity contribution in [2.45, 2.75) is 30.8 Å². The molecule has 1 atom stereocenters. The summed E-state index contributed by atoms with van der Waals surface area (Å²) in [6, 6.07) is 23.5. The van der Waals surface area contributed by atoms with Gasteiger partial charge in [-0.3, -0.25) is 0 Å². The van der Waals surface area contributed by atoms with Crippen molar-refractivity contribution in [2.75, 3.05) is 6.54 Å². The highest BCUT2D eigenvalue weighted by atomic mass is 32.2. The van der Waals surface area contributed by atoms with Crippen molar-refractivity contribution in [1.82, 2.24) is 5.01 Å². The number of benzene rings is 3. The molecule has 0 radical (unpaired) electrons. The molecule has 4 rings (SSSR count). The number of hydrogen-bond donors (Lipinski definition) is 0. The van der Waals surface area contributed by atoms with E-state index in [9.17, 15) is 13.2 Å². The fourth-order valence-electron chi connectivity index (χ4n) is 3.51. The van der Waals surface area contributed by atoms with Gasteiger partial charge in [-0.2, -0.15) is 22.7 Å². The molecule has 3 nitrogen and oxygen atoms in total. The number of amidine groups is 1. The van der Waals surface area contributed by atoms with E-state index in [4.69, 9.17) is 5.10 Å². The highest BCUT2D eigenvalue weighted by Gasteiger charge is 2.31. The van der Waals surface area contributed by atoms with E-state index in [0.29, 0.717) is 17.3 Å². The normalized spacial score (nSPS) is 16.9. The minimum Gasteiger partial charge on any atom is -0.250 e. The average molecular weight is 454 g/mol. The molecule has 32 heavy (non-hydrogen) atoms. The first-order valence-corrected chi connectivity index (χ1v) is 11.0. The molecule has 0 aliphatic carbocycles. The van der Waals surface area contributed by atoms with E-state index in [-0.39, 0.29) is 5.92 Å². The van der Waals surface area contributed by atoms with Crippen LogP contribution in [0.4, 0.5) is 13.2 Å². The molecule has 3 aromatic rings. The second-order valence-electron chi connectivity index (χ2n) is 7.65. The first-order valence-electron chi connectivity index (χ1n) is 10.2. The van der Waals surface area contributed by atoms with Gasteiger partial charge in [-0.25, -0.2) is 5.01 Å². The zero-order valence-electron chi connectivity index (χ0n) is 17.7. The Bertz CT molecular complexity index is 1120. The molecule has 1 aliphatic rings. The van der Waals surface area contributed by atoms with Gasteiger partial charge < -0.3 is 0 Å². The van der Waals surface area contributed by atoms with E-state index < -0.39 is 11.7 Å². The largest absolute Gasteiger partial charge is 0.416 e. The molecular formula is C25H22F3N3S. The lowest BCUT2D eigenvalue weighted by Crippen LogP contribution is -2.23. The minimum atomic E-state index is -4.34. The lowest BCUT2D eigenvalue weighted by atomic mass is 9.90. The summed E-state index contributed by atoms with van der Waals surface area (Å²) >= 11 is 1.14. The molecule has 0 spiro atoms. The molecule has 0 fully saturated rings. The Morgan fingerprint density at radius 1 is 0.969 bits per heavy atom. The standard InChI is InChI=1S/C25H22F3N3S/c1-17-8-10-20(11-9-17)24-23(19-6-4-3-5-7-19)16-31(29-24)18(2)30-32-22-14-12-21(13-15-22)25(26,27)28/h3-15,23H,16H2,1-2H3. The fourth-order valence-corrected chi connectivity index (χ4v) is 4.10. The smallest absolute Gasteiger partial charge is 0.250 e. The van der Waals surface area contributed by atoms with Crippen LogP contribution in [-0.2, 0) is 6.18 Å². The number of nitrogens with zero attached hydrogens (tertiary/aromatic N) is 3. The van der Waals surface area contributed by atoms with Crippen LogP contribution in [0, 0.1) is 6.92 Å². The molecule has 0 saturated heterocycles. The molecule has 0 N–H and O–H groups in total. The van der Waals surface area contributed by atoms with Gasteiger partial charge in [0.05, 0.1) is 17.8 Å². The molecule has 1 heterocycles. The van der Waals surface area contributed by atoms with Gasteiger partial charge in [-0.1, -0.05) is 60.2 Å². The maximum atomic E-state index is 12.8. The second kappa shape index (κ2) is 9.20. The maximum Gasteiger partial charge on any atom is 0.416 e. The summed E-state index contributed by atoms with van der Waals surface area (Å²) < 4.78 is 42.8. The topological polar surface area (TPSA) is 28.0 Å². The van der Waals surface area contributed by atoms with Gasteiger partial charge >= 0.3 is 6.18 Å². The van der Waals surface area contributed by atoms with E-state index in [2.05, 4.69) is 47.7 Å². The molecule has 7 heteroatoms. The Morgan fingerprint density at radius 2 is 1.62 bits per heavy atom. The Labute approximate surface area is 189 Å². The van der Waals surface area contributed by atoms with E-state index in [1.807, 2.05) is 30.1 Å². The molecule has 1 aliphatic heterocycles. The number of rotatable bonds is 4. The molecule has 0 bridgehead atoms. The zero-order valence-corrected chi connectivity index (χ0v) is 18.5. The van der Waals surface area contributed by atoms with Crippen molar-refractivity contribution in [3.63, 3.8) is 0 Å². The van der Waals surface area contributed by atoms with Crippen molar-refractivity contribution >= 4 is 23.5 Å². The van der Waals surface area contributed by atoms with Crippen LogP contribution in [0.25, 0.3) is 0 Å². The number of aryl methyl sites for hydroxylation is 1. The quantitative estimate of drug-likeness (QED) is 0.243. The van der Waals surface area contributed by atoms with Gasteiger partial charge in [0.2, 0.25) is 0 Å². The van der Waals surface area contributed by atoms with E-state index in [1.54, 1.807) is 0 Å². The number of halogens is 3. The first-order chi connectivity index (χ1) is 15.3. The third kappa shape index (κ3) is 5.05. The molecule has 0 amide bonds. The Balaban J connectivity index is 1.56. The predicted octanol–water partition coefficient (Wildman–Crippen LogP) is 6.94. The van der Waals surface area contributed by atoms with Crippen LogP contribution in [0.5, 0.6) is 0 Å². The van der Waals surface area contributed by atoms with Crippen LogP contribution in [0.15, 0.2) is 93.3 Å². The lowest BCUT2D eigenvalue weighted by Gasteiger charge is -2.16. The van der Waals surface area contributed by atoms with Crippen LogP contribution in [0.2, 0.25) is 0 Å². The van der Waals surface area contributed by atoms with Crippen molar-refractivity contribution in [2.24, 2.45) is 9.50 Å². The zero-order chi connectivity index (χ0) is 22.7. The van der Waals surface area contributed by atoms with Gasteiger partial charge in [-0.05, 0) is 49.2 Å². The number of alkyl halides is 3. The summed E-state index contributed by atoms with van der Waals surface area (Å²) in [6.45, 7) is 4.56. The van der Waals surface area contributed by atoms with Gasteiger partial charge in [0.15, 0.2) is 0 Å². The highest BCUT2D eigenvalue weighted by molar-refractivity contribution is 7.98. The molecular weight excluding hydrogens is 431 g/mol. The average Bonchev–Trinajstić information content (AvgIpc) is 3.24. The summed E-state index contributed by atoms with van der Waals surface area (Å²) in [5, 5.41) is 6.73. The van der Waals surface area contributed by atoms with Crippen LogP contribution < -0.4 is 0 Å². The van der Waals surface area contributed by atoms with Gasteiger partial charge in [0.1, 0.15) is 5.84 Å². The van der Waals surface area contributed by atoms with E-state index in [0.717, 1.165) is 35.4 Å². The van der Waals surface area contributed by atoms with Crippen LogP contribution in [0.3, 0.4) is 0 Å². The summed E-state index contributed by atoms with van der Waals surface area (Å²) in [6.07, 6.45) is -4.34. The molecule has 1 unspecified atom stereocenters. The van der Waals surface area contributed by atoms with Crippen LogP contribution in [0.1, 0.15) is 35.1 Å². The molecule has 0 aromatic heterocycles. The van der Waals surface area contributed by atoms with Crippen molar-refractivity contribution < 1.29 is 13.2 Å². The molecule has 164 valence electrons. The Kier molecular flexibility index (Phi) is 6.37.